The molecule has 8 heteroatoms. The van der Waals surface area contributed by atoms with Crippen LogP contribution in [0.2, 0.25) is 5.02 Å². The number of anilines is 2. The van der Waals surface area contributed by atoms with Gasteiger partial charge in [-0.25, -0.2) is 4.39 Å². The molecule has 24 heavy (non-hydrogen) atoms. The second-order valence-electron chi connectivity index (χ2n) is 4.60. The van der Waals surface area contributed by atoms with Gasteiger partial charge in [-0.05, 0) is 24.3 Å². The number of nitrogens with one attached hydrogen (secondary N) is 2. The summed E-state index contributed by atoms with van der Waals surface area (Å²) in [7, 11) is 2.81. The first-order chi connectivity index (χ1) is 11.4. The van der Waals surface area contributed by atoms with Crippen molar-refractivity contribution in [2.24, 2.45) is 0 Å². The zero-order valence-electron chi connectivity index (χ0n) is 12.9. The van der Waals surface area contributed by atoms with Gasteiger partial charge < -0.3 is 20.1 Å². The topological polar surface area (TPSA) is 76.7 Å². The number of ether oxygens (including phenoxy) is 2. The van der Waals surface area contributed by atoms with Crippen molar-refractivity contribution in [3.05, 3.63) is 47.2 Å². The number of rotatable bonds is 4. The lowest BCUT2D eigenvalue weighted by Crippen LogP contribution is -2.29. The van der Waals surface area contributed by atoms with Gasteiger partial charge in [0.1, 0.15) is 17.3 Å². The molecule has 0 radical (unpaired) electrons. The minimum absolute atomic E-state index is 0.220. The molecule has 0 unspecified atom stereocenters. The highest BCUT2D eigenvalue weighted by molar-refractivity contribution is 6.43. The largest absolute Gasteiger partial charge is 0.495 e. The van der Waals surface area contributed by atoms with E-state index in [1.807, 2.05) is 0 Å². The molecule has 0 aliphatic heterocycles. The van der Waals surface area contributed by atoms with E-state index < -0.39 is 17.6 Å². The minimum atomic E-state index is -0.929. The molecule has 0 aromatic heterocycles. The lowest BCUT2D eigenvalue weighted by Gasteiger charge is -2.13. The summed E-state index contributed by atoms with van der Waals surface area (Å²) in [6, 6.07) is 7.90. The monoisotopic (exact) mass is 352 g/mol. The third-order valence-corrected chi connectivity index (χ3v) is 3.33. The third kappa shape index (κ3) is 4.14. The number of hydrogen-bond acceptors (Lipinski definition) is 4. The first kappa shape index (κ1) is 17.6. The van der Waals surface area contributed by atoms with Crippen LogP contribution in [0.15, 0.2) is 36.4 Å². The van der Waals surface area contributed by atoms with Gasteiger partial charge in [0.05, 0.1) is 24.9 Å². The Labute approximate surface area is 142 Å². The van der Waals surface area contributed by atoms with Gasteiger partial charge in [0.25, 0.3) is 0 Å². The summed E-state index contributed by atoms with van der Waals surface area (Å²) in [4.78, 5) is 23.9. The highest BCUT2D eigenvalue weighted by atomic mass is 35.5. The molecule has 0 spiro atoms. The molecule has 2 N–H and O–H groups in total. The van der Waals surface area contributed by atoms with Crippen molar-refractivity contribution in [1.29, 1.82) is 0 Å². The predicted molar refractivity (Wildman–Crippen MR) is 88.2 cm³/mol. The maximum atomic E-state index is 12.8. The Hall–Kier alpha value is -2.80. The van der Waals surface area contributed by atoms with Gasteiger partial charge in [-0.15, -0.1) is 0 Å². The van der Waals surface area contributed by atoms with Gasteiger partial charge in [0.2, 0.25) is 0 Å². The van der Waals surface area contributed by atoms with Crippen LogP contribution in [0.4, 0.5) is 15.8 Å². The number of benzene rings is 2. The van der Waals surface area contributed by atoms with Crippen molar-refractivity contribution in [3.8, 4) is 11.5 Å². The Morgan fingerprint density at radius 1 is 0.958 bits per heavy atom. The average molecular weight is 353 g/mol. The molecule has 0 atom stereocenters. The molecule has 0 saturated heterocycles. The zero-order chi connectivity index (χ0) is 17.7. The number of methoxy groups -OCH3 is 2. The molecule has 2 aromatic carbocycles. The maximum Gasteiger partial charge on any atom is 0.314 e. The standard InChI is InChI=1S/C16H14ClFN2O4/c1-23-13-8-12(14(24-2)7-11(13)17)20-16(22)15(21)19-10-5-3-9(18)4-6-10/h3-8H,1-2H3,(H,19,21)(H,20,22). The van der Waals surface area contributed by atoms with Crippen LogP contribution >= 0.6 is 11.6 Å². The fraction of sp³-hybridized carbons (Fsp3) is 0.125. The van der Waals surface area contributed by atoms with Gasteiger partial charge in [0, 0.05) is 17.8 Å². The SMILES string of the molecule is COc1cc(NC(=O)C(=O)Nc2ccc(F)cc2)c(OC)cc1Cl. The van der Waals surface area contributed by atoms with Crippen LogP contribution in [0, 0.1) is 5.82 Å². The van der Waals surface area contributed by atoms with E-state index in [1.165, 1.54) is 50.6 Å². The molecule has 2 amide bonds. The van der Waals surface area contributed by atoms with Crippen LogP contribution < -0.4 is 20.1 Å². The summed E-state index contributed by atoms with van der Waals surface area (Å²) in [5.41, 5.74) is 0.509. The van der Waals surface area contributed by atoms with E-state index in [2.05, 4.69) is 10.6 Å². The molecular formula is C16H14ClFN2O4. The summed E-state index contributed by atoms with van der Waals surface area (Å²) in [6.07, 6.45) is 0. The average Bonchev–Trinajstić information content (AvgIpc) is 2.57. The second kappa shape index (κ2) is 7.65. The number of amides is 2. The summed E-state index contributed by atoms with van der Waals surface area (Å²) >= 11 is 5.97. The fourth-order valence-electron chi connectivity index (χ4n) is 1.86. The zero-order valence-corrected chi connectivity index (χ0v) is 13.6. The smallest absolute Gasteiger partial charge is 0.314 e. The second-order valence-corrected chi connectivity index (χ2v) is 5.01. The molecule has 126 valence electrons. The molecule has 2 rings (SSSR count). The normalized spacial score (nSPS) is 10.0. The van der Waals surface area contributed by atoms with E-state index in [0.29, 0.717) is 10.8 Å². The first-order valence-electron chi connectivity index (χ1n) is 6.74. The minimum Gasteiger partial charge on any atom is -0.495 e. The summed E-state index contributed by atoms with van der Waals surface area (Å²) in [6.45, 7) is 0. The Morgan fingerprint density at radius 2 is 1.54 bits per heavy atom. The third-order valence-electron chi connectivity index (χ3n) is 3.03. The predicted octanol–water partition coefficient (Wildman–Crippen LogP) is 3.07. The number of carbonyl (C=O) groups is 2. The summed E-state index contributed by atoms with van der Waals surface area (Å²) in [5, 5.41) is 5.05. The van der Waals surface area contributed by atoms with Crippen molar-refractivity contribution in [3.63, 3.8) is 0 Å². The first-order valence-corrected chi connectivity index (χ1v) is 7.11. The van der Waals surface area contributed by atoms with Crippen molar-refractivity contribution in [2.45, 2.75) is 0 Å². The van der Waals surface area contributed by atoms with Crippen LogP contribution in [0.3, 0.4) is 0 Å². The molecule has 6 nitrogen and oxygen atoms in total. The number of carbonyl (C=O) groups excluding carboxylic acids is 2. The van der Waals surface area contributed by atoms with Crippen molar-refractivity contribution in [1.82, 2.24) is 0 Å². The van der Waals surface area contributed by atoms with E-state index in [0.717, 1.165) is 0 Å². The van der Waals surface area contributed by atoms with Gasteiger partial charge in [-0.3, -0.25) is 9.59 Å². The van der Waals surface area contributed by atoms with Crippen LogP contribution in [0.5, 0.6) is 11.5 Å². The maximum absolute atomic E-state index is 12.8. The molecule has 0 fully saturated rings. The number of halogens is 2. The van der Waals surface area contributed by atoms with E-state index in [1.54, 1.807) is 0 Å². The van der Waals surface area contributed by atoms with Crippen molar-refractivity contribution < 1.29 is 23.5 Å². The Bertz CT molecular complexity index is 765. The molecular weight excluding hydrogens is 339 g/mol. The lowest BCUT2D eigenvalue weighted by atomic mass is 10.2. The van der Waals surface area contributed by atoms with E-state index in [4.69, 9.17) is 21.1 Å². The van der Waals surface area contributed by atoms with Crippen molar-refractivity contribution in [2.75, 3.05) is 24.9 Å². The summed E-state index contributed by atoms with van der Waals surface area (Å²) in [5.74, 6) is -1.72. The molecule has 0 saturated carbocycles. The van der Waals surface area contributed by atoms with E-state index in [9.17, 15) is 14.0 Å². The van der Waals surface area contributed by atoms with E-state index >= 15 is 0 Å². The molecule has 0 heterocycles. The Kier molecular flexibility index (Phi) is 5.59. The van der Waals surface area contributed by atoms with Crippen molar-refractivity contribution >= 4 is 34.8 Å². The van der Waals surface area contributed by atoms with Gasteiger partial charge in [-0.1, -0.05) is 11.6 Å². The van der Waals surface area contributed by atoms with Crippen LogP contribution in [-0.4, -0.2) is 26.0 Å². The molecule has 0 aliphatic rings. The summed E-state index contributed by atoms with van der Waals surface area (Å²) < 4.78 is 23.0. The van der Waals surface area contributed by atoms with Crippen LogP contribution in [0.25, 0.3) is 0 Å². The highest BCUT2D eigenvalue weighted by Gasteiger charge is 2.18. The molecule has 0 aliphatic carbocycles. The number of hydrogen-bond donors (Lipinski definition) is 2. The van der Waals surface area contributed by atoms with Gasteiger partial charge >= 0.3 is 11.8 Å². The molecule has 0 bridgehead atoms. The molecule has 2 aromatic rings. The van der Waals surface area contributed by atoms with Gasteiger partial charge in [-0.2, -0.15) is 0 Å². The quantitative estimate of drug-likeness (QED) is 0.829. The van der Waals surface area contributed by atoms with E-state index in [-0.39, 0.29) is 17.1 Å². The van der Waals surface area contributed by atoms with Crippen LogP contribution in [0.1, 0.15) is 0 Å². The lowest BCUT2D eigenvalue weighted by molar-refractivity contribution is -0.133. The fourth-order valence-corrected chi connectivity index (χ4v) is 2.09. The van der Waals surface area contributed by atoms with Gasteiger partial charge in [0.15, 0.2) is 0 Å². The Balaban J connectivity index is 2.13. The van der Waals surface area contributed by atoms with Crippen LogP contribution in [-0.2, 0) is 9.59 Å². The highest BCUT2D eigenvalue weighted by Crippen LogP contribution is 2.35. The Morgan fingerprint density at radius 3 is 2.12 bits per heavy atom.